The summed E-state index contributed by atoms with van der Waals surface area (Å²) >= 11 is 0. The molecule has 0 unspecified atom stereocenters. The second kappa shape index (κ2) is 10.6. The second-order valence-electron chi connectivity index (χ2n) is 11.0. The number of hydrogen-bond acceptors (Lipinski definition) is 7. The Morgan fingerprint density at radius 2 is 1.59 bits per heavy atom. The summed E-state index contributed by atoms with van der Waals surface area (Å²) < 4.78 is 16.8. The van der Waals surface area contributed by atoms with Crippen LogP contribution in [0.25, 0.3) is 0 Å². The Labute approximate surface area is 218 Å². The first-order valence-corrected chi connectivity index (χ1v) is 12.9. The van der Waals surface area contributed by atoms with Crippen molar-refractivity contribution in [1.29, 1.82) is 0 Å². The topological polar surface area (TPSA) is 71.3 Å². The van der Waals surface area contributed by atoms with Crippen molar-refractivity contribution in [2.75, 3.05) is 40.0 Å². The molecule has 2 aromatic carbocycles. The number of nitrogens with zero attached hydrogens (tertiary/aromatic N) is 4. The van der Waals surface area contributed by atoms with Gasteiger partial charge in [0, 0.05) is 39.3 Å². The third-order valence-electron chi connectivity index (χ3n) is 6.99. The number of carbonyl (C=O) groups excluding carboxylic acids is 1. The Kier molecular flexibility index (Phi) is 7.22. The van der Waals surface area contributed by atoms with Crippen LogP contribution in [0.3, 0.4) is 0 Å². The van der Waals surface area contributed by atoms with E-state index in [0.717, 1.165) is 30.2 Å². The zero-order valence-corrected chi connectivity index (χ0v) is 22.2. The van der Waals surface area contributed by atoms with Crippen molar-refractivity contribution in [3.05, 3.63) is 77.0 Å². The quantitative estimate of drug-likeness (QED) is 0.475. The van der Waals surface area contributed by atoms with E-state index in [-0.39, 0.29) is 18.1 Å². The van der Waals surface area contributed by atoms with Gasteiger partial charge in [-0.05, 0) is 41.3 Å². The van der Waals surface area contributed by atoms with Gasteiger partial charge >= 0.3 is 0 Å². The van der Waals surface area contributed by atoms with E-state index in [1.807, 2.05) is 17.0 Å². The maximum atomic E-state index is 13.0. The number of amides is 1. The molecular weight excluding hydrogens is 468 g/mol. The highest BCUT2D eigenvalue weighted by atomic mass is 16.7. The molecule has 2 aliphatic rings. The number of oxazole rings is 1. The molecule has 0 N–H and O–H groups in total. The summed E-state index contributed by atoms with van der Waals surface area (Å²) in [6.07, 6.45) is 1.49. The van der Waals surface area contributed by atoms with E-state index in [0.29, 0.717) is 44.3 Å². The summed E-state index contributed by atoms with van der Waals surface area (Å²) in [5, 5.41) is 0. The zero-order chi connectivity index (χ0) is 26.0. The highest BCUT2D eigenvalue weighted by Crippen LogP contribution is 2.33. The molecule has 5 rings (SSSR count). The fourth-order valence-electron chi connectivity index (χ4n) is 4.68. The van der Waals surface area contributed by atoms with Crippen LogP contribution in [0.5, 0.6) is 11.5 Å². The first-order chi connectivity index (χ1) is 17.7. The molecule has 1 amide bonds. The van der Waals surface area contributed by atoms with Crippen molar-refractivity contribution >= 4 is 5.91 Å². The van der Waals surface area contributed by atoms with E-state index in [4.69, 9.17) is 13.9 Å². The van der Waals surface area contributed by atoms with Gasteiger partial charge in [0.25, 0.3) is 5.91 Å². The molecule has 0 spiro atoms. The van der Waals surface area contributed by atoms with Crippen LogP contribution in [0.2, 0.25) is 0 Å². The summed E-state index contributed by atoms with van der Waals surface area (Å²) in [7, 11) is 2.07. The summed E-state index contributed by atoms with van der Waals surface area (Å²) in [6.45, 7) is 11.9. The van der Waals surface area contributed by atoms with E-state index in [1.165, 1.54) is 17.4 Å². The number of carbonyl (C=O) groups is 1. The Morgan fingerprint density at radius 3 is 2.32 bits per heavy atom. The van der Waals surface area contributed by atoms with Crippen LogP contribution in [0.15, 0.2) is 53.1 Å². The van der Waals surface area contributed by atoms with Crippen LogP contribution in [-0.4, -0.2) is 65.6 Å². The van der Waals surface area contributed by atoms with Gasteiger partial charge in [-0.3, -0.25) is 9.69 Å². The summed E-state index contributed by atoms with van der Waals surface area (Å²) in [4.78, 5) is 23.9. The maximum absolute atomic E-state index is 13.0. The summed E-state index contributed by atoms with van der Waals surface area (Å²) in [5.41, 5.74) is 4.09. The third-order valence-corrected chi connectivity index (χ3v) is 6.99. The number of rotatable bonds is 7. The minimum atomic E-state index is -0.0665. The molecule has 8 nitrogen and oxygen atoms in total. The normalized spacial score (nSPS) is 16.0. The minimum absolute atomic E-state index is 0.0665. The number of likely N-dealkylation sites (N-methyl/N-ethyl adjacent to an activating group) is 1. The fraction of sp³-hybridized carbons (Fsp3) is 0.448. The molecule has 0 bridgehead atoms. The Bertz CT molecular complexity index is 1220. The molecule has 0 atom stereocenters. The molecule has 2 aliphatic heterocycles. The van der Waals surface area contributed by atoms with E-state index in [1.54, 1.807) is 0 Å². The van der Waals surface area contributed by atoms with Gasteiger partial charge in [0.05, 0.1) is 6.54 Å². The molecule has 0 radical (unpaired) electrons. The van der Waals surface area contributed by atoms with Gasteiger partial charge < -0.3 is 23.7 Å². The number of piperazine rings is 1. The lowest BCUT2D eigenvalue weighted by atomic mass is 9.87. The van der Waals surface area contributed by atoms with Crippen LogP contribution >= 0.6 is 0 Å². The highest BCUT2D eigenvalue weighted by molar-refractivity contribution is 5.92. The number of fused-ring (bicyclic) bond motifs is 1. The number of benzene rings is 2. The first kappa shape index (κ1) is 25.3. The zero-order valence-electron chi connectivity index (χ0n) is 22.2. The molecule has 0 aliphatic carbocycles. The molecule has 1 fully saturated rings. The Balaban J connectivity index is 1.32. The van der Waals surface area contributed by atoms with Crippen LogP contribution in [0.1, 0.15) is 53.8 Å². The summed E-state index contributed by atoms with van der Waals surface area (Å²) in [6, 6.07) is 14.8. The molecular formula is C29H36N4O4. The van der Waals surface area contributed by atoms with Crippen molar-refractivity contribution in [1.82, 2.24) is 19.7 Å². The number of aromatic nitrogens is 1. The fourth-order valence-corrected chi connectivity index (χ4v) is 4.68. The van der Waals surface area contributed by atoms with E-state index in [9.17, 15) is 4.79 Å². The number of ether oxygens (including phenoxy) is 2. The lowest BCUT2D eigenvalue weighted by Gasteiger charge is -2.31. The molecule has 37 heavy (non-hydrogen) atoms. The molecule has 3 aromatic rings. The van der Waals surface area contributed by atoms with E-state index >= 15 is 0 Å². The van der Waals surface area contributed by atoms with Crippen molar-refractivity contribution < 1.29 is 18.7 Å². The largest absolute Gasteiger partial charge is 0.454 e. The van der Waals surface area contributed by atoms with Crippen molar-refractivity contribution in [2.45, 2.75) is 45.8 Å². The average molecular weight is 505 g/mol. The van der Waals surface area contributed by atoms with Crippen molar-refractivity contribution in [2.24, 2.45) is 0 Å². The molecule has 0 saturated carbocycles. The Morgan fingerprint density at radius 1 is 0.919 bits per heavy atom. The second-order valence-corrected chi connectivity index (χ2v) is 11.0. The van der Waals surface area contributed by atoms with Crippen LogP contribution in [0, 0.1) is 0 Å². The van der Waals surface area contributed by atoms with Gasteiger partial charge in [-0.1, -0.05) is 51.1 Å². The minimum Gasteiger partial charge on any atom is -0.454 e. The van der Waals surface area contributed by atoms with Crippen molar-refractivity contribution in [3.8, 4) is 11.5 Å². The van der Waals surface area contributed by atoms with Gasteiger partial charge in [0.2, 0.25) is 12.7 Å². The lowest BCUT2D eigenvalue weighted by molar-refractivity contribution is 0.0658. The molecule has 1 saturated heterocycles. The molecule has 1 aromatic heterocycles. The highest BCUT2D eigenvalue weighted by Gasteiger charge is 2.24. The maximum Gasteiger partial charge on any atom is 0.275 e. The van der Waals surface area contributed by atoms with Crippen molar-refractivity contribution in [3.63, 3.8) is 0 Å². The Hall–Kier alpha value is -3.36. The predicted molar refractivity (Wildman–Crippen MR) is 141 cm³/mol. The number of hydrogen-bond donors (Lipinski definition) is 0. The molecule has 3 heterocycles. The first-order valence-electron chi connectivity index (χ1n) is 12.9. The van der Waals surface area contributed by atoms with Gasteiger partial charge in [-0.2, -0.15) is 0 Å². The van der Waals surface area contributed by atoms with Gasteiger partial charge in [-0.25, -0.2) is 4.98 Å². The monoisotopic (exact) mass is 504 g/mol. The smallest absolute Gasteiger partial charge is 0.275 e. The molecule has 8 heteroatoms. The third kappa shape index (κ3) is 6.14. The van der Waals surface area contributed by atoms with E-state index < -0.39 is 0 Å². The predicted octanol–water partition coefficient (Wildman–Crippen LogP) is 4.29. The van der Waals surface area contributed by atoms with Gasteiger partial charge in [0.15, 0.2) is 17.2 Å². The SMILES string of the molecule is CN1CCN(C(=O)c2coc(CN(Cc3ccc(C(C)(C)C)cc3)Cc3ccc4c(c3)OCO4)n2)CC1. The standard InChI is InChI=1S/C29H36N4O4/c1-29(2,3)23-8-5-21(6-9-23)16-32(17-22-7-10-25-26(15-22)37-20-36-25)18-27-30-24(19-35-27)28(34)33-13-11-31(4)12-14-33/h5-10,15,19H,11-14,16-18,20H2,1-4H3. The van der Waals surface area contributed by atoms with Gasteiger partial charge in [-0.15, -0.1) is 0 Å². The van der Waals surface area contributed by atoms with Crippen LogP contribution in [-0.2, 0) is 25.0 Å². The van der Waals surface area contributed by atoms with Crippen LogP contribution < -0.4 is 9.47 Å². The molecule has 196 valence electrons. The van der Waals surface area contributed by atoms with E-state index in [2.05, 4.69) is 72.9 Å². The lowest BCUT2D eigenvalue weighted by Crippen LogP contribution is -2.47. The average Bonchev–Trinajstić information content (AvgIpc) is 3.53. The van der Waals surface area contributed by atoms with Crippen LogP contribution in [0.4, 0.5) is 0 Å². The summed E-state index contributed by atoms with van der Waals surface area (Å²) in [5.74, 6) is 2.00. The van der Waals surface area contributed by atoms with Gasteiger partial charge in [0.1, 0.15) is 6.26 Å².